The molecule has 33 heavy (non-hydrogen) atoms. The molecule has 3 heterocycles. The lowest BCUT2D eigenvalue weighted by molar-refractivity contribution is -0.0671. The molecule has 1 aliphatic carbocycles. The van der Waals surface area contributed by atoms with Crippen LogP contribution in [0.5, 0.6) is 0 Å². The van der Waals surface area contributed by atoms with Gasteiger partial charge < -0.3 is 4.90 Å². The standard InChI is InChI=1S/C26H28F2N4O/c1-17-4-7-21(23(30-17)18-5-6-19-14-31(3)24(33)22(19)12-18)20-13-29-32(15-20)16-25(2)8-10-26(27,28)11-9-25/h4-7,12-13,15H,8-11,14,16H2,1-3H3. The largest absolute Gasteiger partial charge is 0.337 e. The molecule has 1 aromatic carbocycles. The first kappa shape index (κ1) is 21.7. The van der Waals surface area contributed by atoms with Gasteiger partial charge in [0, 0.05) is 67.1 Å². The Morgan fingerprint density at radius 3 is 2.55 bits per heavy atom. The fourth-order valence-electron chi connectivity index (χ4n) is 4.96. The minimum atomic E-state index is -2.54. The van der Waals surface area contributed by atoms with Crippen molar-refractivity contribution in [2.45, 2.75) is 58.5 Å². The number of hydrogen-bond acceptors (Lipinski definition) is 3. The molecule has 1 fully saturated rings. The van der Waals surface area contributed by atoms with E-state index in [4.69, 9.17) is 4.98 Å². The van der Waals surface area contributed by atoms with Gasteiger partial charge in [0.2, 0.25) is 5.92 Å². The quantitative estimate of drug-likeness (QED) is 0.511. The maximum Gasteiger partial charge on any atom is 0.254 e. The van der Waals surface area contributed by atoms with Crippen LogP contribution < -0.4 is 0 Å². The topological polar surface area (TPSA) is 51.0 Å². The highest BCUT2D eigenvalue weighted by Crippen LogP contribution is 2.44. The lowest BCUT2D eigenvalue weighted by Crippen LogP contribution is -2.34. The van der Waals surface area contributed by atoms with Gasteiger partial charge in [0.25, 0.3) is 5.91 Å². The molecule has 0 unspecified atom stereocenters. The van der Waals surface area contributed by atoms with Crippen molar-refractivity contribution in [3.05, 3.63) is 59.5 Å². The number of aromatic nitrogens is 3. The number of alkyl halides is 2. The number of carbonyl (C=O) groups is 1. The number of aryl methyl sites for hydroxylation is 1. The Kier molecular flexibility index (Phi) is 5.10. The first-order valence-electron chi connectivity index (χ1n) is 11.4. The molecule has 1 amide bonds. The highest BCUT2D eigenvalue weighted by molar-refractivity contribution is 5.99. The van der Waals surface area contributed by atoms with Crippen molar-refractivity contribution in [1.29, 1.82) is 0 Å². The lowest BCUT2D eigenvalue weighted by atomic mass is 9.74. The van der Waals surface area contributed by atoms with Crippen LogP contribution in [0.4, 0.5) is 8.78 Å². The highest BCUT2D eigenvalue weighted by Gasteiger charge is 2.41. The molecule has 1 aliphatic heterocycles. The zero-order chi connectivity index (χ0) is 23.4. The summed E-state index contributed by atoms with van der Waals surface area (Å²) in [6.45, 7) is 5.25. The van der Waals surface area contributed by atoms with Gasteiger partial charge in [0.05, 0.1) is 11.9 Å². The number of nitrogens with zero attached hydrogens (tertiary/aromatic N) is 4. The summed E-state index contributed by atoms with van der Waals surface area (Å²) in [5, 5.41) is 4.55. The van der Waals surface area contributed by atoms with Crippen molar-refractivity contribution in [2.24, 2.45) is 5.41 Å². The number of fused-ring (bicyclic) bond motifs is 1. The summed E-state index contributed by atoms with van der Waals surface area (Å²) in [4.78, 5) is 19.0. The summed E-state index contributed by atoms with van der Waals surface area (Å²) >= 11 is 0. The lowest BCUT2D eigenvalue weighted by Gasteiger charge is -2.37. The average molecular weight is 451 g/mol. The van der Waals surface area contributed by atoms with Crippen molar-refractivity contribution in [3.8, 4) is 22.4 Å². The van der Waals surface area contributed by atoms with Crippen LogP contribution in [-0.4, -0.2) is 38.5 Å². The Morgan fingerprint density at radius 1 is 1.03 bits per heavy atom. The second-order valence-electron chi connectivity index (χ2n) is 9.98. The van der Waals surface area contributed by atoms with Gasteiger partial charge in [-0.3, -0.25) is 14.5 Å². The molecule has 0 atom stereocenters. The van der Waals surface area contributed by atoms with E-state index in [-0.39, 0.29) is 24.2 Å². The van der Waals surface area contributed by atoms with E-state index < -0.39 is 5.92 Å². The molecule has 0 bridgehead atoms. The molecule has 5 rings (SSSR count). The smallest absolute Gasteiger partial charge is 0.254 e. The summed E-state index contributed by atoms with van der Waals surface area (Å²) < 4.78 is 29.1. The second kappa shape index (κ2) is 7.75. The Morgan fingerprint density at radius 2 is 1.79 bits per heavy atom. The van der Waals surface area contributed by atoms with Gasteiger partial charge >= 0.3 is 0 Å². The van der Waals surface area contributed by atoms with Crippen molar-refractivity contribution in [2.75, 3.05) is 7.05 Å². The van der Waals surface area contributed by atoms with Gasteiger partial charge in [-0.15, -0.1) is 0 Å². The minimum Gasteiger partial charge on any atom is -0.337 e. The Hall–Kier alpha value is -3.09. The van der Waals surface area contributed by atoms with Gasteiger partial charge in [0.1, 0.15) is 0 Å². The van der Waals surface area contributed by atoms with Crippen LogP contribution in [0.15, 0.2) is 42.7 Å². The summed E-state index contributed by atoms with van der Waals surface area (Å²) in [6.07, 6.45) is 4.64. The monoisotopic (exact) mass is 450 g/mol. The third-order valence-corrected chi connectivity index (χ3v) is 7.08. The van der Waals surface area contributed by atoms with E-state index >= 15 is 0 Å². The van der Waals surface area contributed by atoms with E-state index in [1.54, 1.807) is 11.9 Å². The summed E-state index contributed by atoms with van der Waals surface area (Å²) in [5.41, 5.74) is 6.01. The molecule has 0 saturated heterocycles. The van der Waals surface area contributed by atoms with Crippen LogP contribution >= 0.6 is 0 Å². The molecule has 5 nitrogen and oxygen atoms in total. The SMILES string of the molecule is Cc1ccc(-c2cnn(CC3(C)CCC(F)(F)CC3)c2)c(-c2ccc3c(c2)C(=O)N(C)C3)n1. The first-order valence-corrected chi connectivity index (χ1v) is 11.4. The Bertz CT molecular complexity index is 1220. The molecule has 0 N–H and O–H groups in total. The molecule has 2 aliphatic rings. The van der Waals surface area contributed by atoms with Gasteiger partial charge in [-0.1, -0.05) is 25.1 Å². The van der Waals surface area contributed by atoms with Crippen LogP contribution in [0.2, 0.25) is 0 Å². The maximum atomic E-state index is 13.6. The summed E-state index contributed by atoms with van der Waals surface area (Å²) in [5.74, 6) is -2.51. The predicted molar refractivity (Wildman–Crippen MR) is 123 cm³/mol. The fourth-order valence-corrected chi connectivity index (χ4v) is 4.96. The molecule has 172 valence electrons. The third-order valence-electron chi connectivity index (χ3n) is 7.08. The molecule has 7 heteroatoms. The first-order chi connectivity index (χ1) is 15.6. The van der Waals surface area contributed by atoms with E-state index in [1.807, 2.05) is 54.3 Å². The van der Waals surface area contributed by atoms with Crippen molar-refractivity contribution >= 4 is 5.91 Å². The van der Waals surface area contributed by atoms with Crippen LogP contribution in [-0.2, 0) is 13.1 Å². The maximum absolute atomic E-state index is 13.6. The molecule has 2 aromatic heterocycles. The number of pyridine rings is 1. The van der Waals surface area contributed by atoms with Crippen LogP contribution in [0, 0.1) is 12.3 Å². The molecular formula is C26H28F2N4O. The number of halogens is 2. The van der Waals surface area contributed by atoms with Crippen molar-refractivity contribution < 1.29 is 13.6 Å². The van der Waals surface area contributed by atoms with Crippen molar-refractivity contribution in [1.82, 2.24) is 19.7 Å². The van der Waals surface area contributed by atoms with Gasteiger partial charge in [-0.05, 0) is 42.9 Å². The van der Waals surface area contributed by atoms with Crippen LogP contribution in [0.1, 0.15) is 54.2 Å². The Balaban J connectivity index is 1.45. The van der Waals surface area contributed by atoms with E-state index in [1.165, 1.54) is 0 Å². The number of carbonyl (C=O) groups excluding carboxylic acids is 1. The average Bonchev–Trinajstić information content (AvgIpc) is 3.34. The zero-order valence-corrected chi connectivity index (χ0v) is 19.2. The number of amides is 1. The number of benzene rings is 1. The highest BCUT2D eigenvalue weighted by atomic mass is 19.3. The van der Waals surface area contributed by atoms with E-state index in [9.17, 15) is 13.6 Å². The van der Waals surface area contributed by atoms with Gasteiger partial charge in [-0.2, -0.15) is 5.10 Å². The normalized spacial score (nSPS) is 19.1. The Labute approximate surface area is 192 Å². The van der Waals surface area contributed by atoms with E-state index in [2.05, 4.69) is 12.0 Å². The fraction of sp³-hybridized carbons (Fsp3) is 0.423. The zero-order valence-electron chi connectivity index (χ0n) is 19.2. The molecule has 1 saturated carbocycles. The summed E-state index contributed by atoms with van der Waals surface area (Å²) in [6, 6.07) is 9.95. The predicted octanol–water partition coefficient (Wildman–Crippen LogP) is 5.72. The molecular weight excluding hydrogens is 422 g/mol. The molecule has 0 radical (unpaired) electrons. The molecule has 3 aromatic rings. The van der Waals surface area contributed by atoms with Crippen LogP contribution in [0.3, 0.4) is 0 Å². The van der Waals surface area contributed by atoms with Gasteiger partial charge in [0.15, 0.2) is 0 Å². The van der Waals surface area contributed by atoms with Gasteiger partial charge in [-0.25, -0.2) is 8.78 Å². The molecule has 0 spiro atoms. The second-order valence-corrected chi connectivity index (χ2v) is 9.98. The third kappa shape index (κ3) is 4.16. The van der Waals surface area contributed by atoms with Crippen molar-refractivity contribution in [3.63, 3.8) is 0 Å². The number of rotatable bonds is 4. The number of hydrogen-bond donors (Lipinski definition) is 0. The van der Waals surface area contributed by atoms with E-state index in [0.29, 0.717) is 25.9 Å². The van der Waals surface area contributed by atoms with E-state index in [0.717, 1.165) is 39.2 Å². The summed E-state index contributed by atoms with van der Waals surface area (Å²) in [7, 11) is 1.81. The van der Waals surface area contributed by atoms with Crippen LogP contribution in [0.25, 0.3) is 22.4 Å². The minimum absolute atomic E-state index is 0.0279.